The summed E-state index contributed by atoms with van der Waals surface area (Å²) in [7, 11) is 0. The molecule has 0 rings (SSSR count). The highest BCUT2D eigenvalue weighted by Gasteiger charge is 2.50. The van der Waals surface area contributed by atoms with Crippen molar-refractivity contribution in [3.8, 4) is 0 Å². The van der Waals surface area contributed by atoms with E-state index in [-0.39, 0.29) is 0 Å². The van der Waals surface area contributed by atoms with E-state index in [0.717, 1.165) is 24.3 Å². The van der Waals surface area contributed by atoms with Crippen LogP contribution in [0.5, 0.6) is 0 Å². The van der Waals surface area contributed by atoms with Gasteiger partial charge in [-0.05, 0) is 0 Å². The summed E-state index contributed by atoms with van der Waals surface area (Å²) in [6.45, 7) is -2.71. The normalized spacial score (nSPS) is 16.6. The summed E-state index contributed by atoms with van der Waals surface area (Å²) in [4.78, 5) is 44.3. The van der Waals surface area contributed by atoms with Crippen LogP contribution >= 0.6 is 0 Å². The highest BCUT2D eigenvalue weighted by molar-refractivity contribution is 5.83. The average molecular weight is 414 g/mol. The van der Waals surface area contributed by atoms with Crippen molar-refractivity contribution in [1.29, 1.82) is 0 Å². The van der Waals surface area contributed by atoms with Gasteiger partial charge in [0, 0.05) is 54.3 Å². The zero-order chi connectivity index (χ0) is 22.7. The van der Waals surface area contributed by atoms with E-state index >= 15 is 0 Å². The molecule has 0 radical (unpaired) electrons. The molecule has 7 N–H and O–H groups in total. The van der Waals surface area contributed by atoms with Crippen molar-refractivity contribution < 1.29 is 54.9 Å². The maximum absolute atomic E-state index is 11.1. The maximum atomic E-state index is 11.1. The Morgan fingerprint density at radius 1 is 0.621 bits per heavy atom. The highest BCUT2D eigenvalue weighted by Crippen LogP contribution is 2.50. The molecular formula is C18H22O11. The Balaban J connectivity index is 7.35. The Kier molecular flexibility index (Phi) is 10.2. The summed E-state index contributed by atoms with van der Waals surface area (Å²) in [5.74, 6) is -7.39. The van der Waals surface area contributed by atoms with Crippen molar-refractivity contribution in [3.63, 3.8) is 0 Å². The van der Waals surface area contributed by atoms with Gasteiger partial charge >= 0.3 is 23.9 Å². The molecule has 29 heavy (non-hydrogen) atoms. The number of rotatable bonds is 13. The third-order valence-electron chi connectivity index (χ3n) is 4.27. The summed E-state index contributed by atoms with van der Waals surface area (Å²) in [6.07, 6.45) is 5.46. The van der Waals surface area contributed by atoms with Crippen LogP contribution in [0.4, 0.5) is 0 Å². The second-order valence-electron chi connectivity index (χ2n) is 5.88. The lowest BCUT2D eigenvalue weighted by molar-refractivity contribution is -0.132. The van der Waals surface area contributed by atoms with Gasteiger partial charge in [-0.25, -0.2) is 19.2 Å². The van der Waals surface area contributed by atoms with Gasteiger partial charge < -0.3 is 35.7 Å². The van der Waals surface area contributed by atoms with Crippen molar-refractivity contribution in [2.45, 2.75) is 0 Å². The number of aliphatic hydroxyl groups is 3. The first kappa shape index (κ1) is 25.7. The molecule has 1 unspecified atom stereocenters. The Labute approximate surface area is 164 Å². The zero-order valence-corrected chi connectivity index (χ0v) is 15.1. The third-order valence-corrected chi connectivity index (χ3v) is 4.27. The standard InChI is InChI=1S/C18H22O11/c19-9-12(10-20)18(11-21,8-4-16(28)29)17(5-1-13(22)23,6-2-14(24)25)7-3-15(26)27/h1-8,12,19-21H,9-11H2,(H,22,23)(H,24,25)(H,26,27)(H,28,29). The molecular weight excluding hydrogens is 392 g/mol. The van der Waals surface area contributed by atoms with Crippen LogP contribution in [-0.2, 0) is 19.2 Å². The molecule has 0 aliphatic carbocycles. The number of carboxylic acids is 4. The van der Waals surface area contributed by atoms with Gasteiger partial charge in [0.25, 0.3) is 0 Å². The molecule has 0 saturated carbocycles. The van der Waals surface area contributed by atoms with Crippen LogP contribution in [-0.4, -0.2) is 79.4 Å². The zero-order valence-electron chi connectivity index (χ0n) is 15.1. The van der Waals surface area contributed by atoms with Gasteiger partial charge in [0.1, 0.15) is 0 Å². The largest absolute Gasteiger partial charge is 0.478 e. The second kappa shape index (κ2) is 11.5. The Morgan fingerprint density at radius 2 is 0.931 bits per heavy atom. The molecule has 0 saturated heterocycles. The van der Waals surface area contributed by atoms with Gasteiger partial charge in [0.2, 0.25) is 0 Å². The molecule has 11 heteroatoms. The molecule has 0 aromatic carbocycles. The first-order valence-corrected chi connectivity index (χ1v) is 8.01. The van der Waals surface area contributed by atoms with Crippen LogP contribution in [0, 0.1) is 16.7 Å². The molecule has 1 atom stereocenters. The number of aliphatic carboxylic acids is 4. The van der Waals surface area contributed by atoms with Gasteiger partial charge in [0.05, 0.1) is 6.61 Å². The highest BCUT2D eigenvalue weighted by atomic mass is 16.4. The van der Waals surface area contributed by atoms with Crippen molar-refractivity contribution in [3.05, 3.63) is 48.6 Å². The molecule has 0 amide bonds. The second-order valence-corrected chi connectivity index (χ2v) is 5.88. The Morgan fingerprint density at radius 3 is 1.17 bits per heavy atom. The van der Waals surface area contributed by atoms with Gasteiger partial charge in [0.15, 0.2) is 0 Å². The molecule has 0 heterocycles. The summed E-state index contributed by atoms with van der Waals surface area (Å²) in [5.41, 5.74) is -4.13. The first-order valence-electron chi connectivity index (χ1n) is 8.01. The quantitative estimate of drug-likeness (QED) is 0.184. The summed E-state index contributed by atoms with van der Waals surface area (Å²) in [6, 6.07) is 0. The van der Waals surface area contributed by atoms with Crippen molar-refractivity contribution in [1.82, 2.24) is 0 Å². The fourth-order valence-electron chi connectivity index (χ4n) is 2.82. The molecule has 0 aliphatic rings. The molecule has 0 aliphatic heterocycles. The van der Waals surface area contributed by atoms with Crippen LogP contribution < -0.4 is 0 Å². The first-order chi connectivity index (χ1) is 13.5. The minimum atomic E-state index is -2.08. The molecule has 11 nitrogen and oxygen atoms in total. The maximum Gasteiger partial charge on any atom is 0.328 e. The predicted molar refractivity (Wildman–Crippen MR) is 96.7 cm³/mol. The Hall–Kier alpha value is -3.28. The van der Waals surface area contributed by atoms with Gasteiger partial charge in [-0.15, -0.1) is 0 Å². The van der Waals surface area contributed by atoms with Crippen LogP contribution in [0.25, 0.3) is 0 Å². The number of aliphatic hydroxyl groups excluding tert-OH is 3. The number of hydrogen-bond donors (Lipinski definition) is 7. The topological polar surface area (TPSA) is 210 Å². The SMILES string of the molecule is O=C(O)C=CC(C=CC(=O)O)(C=CC(=O)O)C(C=CC(=O)O)(CO)C(CO)CO. The van der Waals surface area contributed by atoms with Crippen LogP contribution in [0.1, 0.15) is 0 Å². The number of hydrogen-bond acceptors (Lipinski definition) is 7. The van der Waals surface area contributed by atoms with E-state index in [9.17, 15) is 34.5 Å². The van der Waals surface area contributed by atoms with Gasteiger partial charge in [-0.1, -0.05) is 24.3 Å². The minimum absolute atomic E-state index is 0.531. The Bertz CT molecular complexity index is 668. The van der Waals surface area contributed by atoms with Crippen LogP contribution in [0.3, 0.4) is 0 Å². The van der Waals surface area contributed by atoms with Crippen molar-refractivity contribution in [2.24, 2.45) is 16.7 Å². The van der Waals surface area contributed by atoms with Gasteiger partial charge in [-0.2, -0.15) is 0 Å². The number of carbonyl (C=O) groups is 4. The molecule has 0 aromatic heterocycles. The minimum Gasteiger partial charge on any atom is -0.478 e. The predicted octanol–water partition coefficient (Wildman–Crippen LogP) is -0.884. The van der Waals surface area contributed by atoms with Crippen molar-refractivity contribution >= 4 is 23.9 Å². The van der Waals surface area contributed by atoms with E-state index in [1.807, 2.05) is 0 Å². The number of carboxylic acid groups (broad SMARTS) is 4. The van der Waals surface area contributed by atoms with Crippen LogP contribution in [0.2, 0.25) is 0 Å². The van der Waals surface area contributed by atoms with E-state index in [1.54, 1.807) is 0 Å². The molecule has 0 aromatic rings. The lowest BCUT2D eigenvalue weighted by Crippen LogP contribution is -2.49. The van der Waals surface area contributed by atoms with Gasteiger partial charge in [-0.3, -0.25) is 0 Å². The smallest absolute Gasteiger partial charge is 0.328 e. The third kappa shape index (κ3) is 6.99. The van der Waals surface area contributed by atoms with E-state index < -0.39 is 60.4 Å². The summed E-state index contributed by atoms with van der Waals surface area (Å²) >= 11 is 0. The monoisotopic (exact) mass is 414 g/mol. The summed E-state index contributed by atoms with van der Waals surface area (Å²) < 4.78 is 0. The molecule has 160 valence electrons. The van der Waals surface area contributed by atoms with Crippen molar-refractivity contribution in [2.75, 3.05) is 19.8 Å². The fourth-order valence-corrected chi connectivity index (χ4v) is 2.82. The van der Waals surface area contributed by atoms with E-state index in [2.05, 4.69) is 0 Å². The fraction of sp³-hybridized carbons (Fsp3) is 0.333. The molecule has 0 spiro atoms. The van der Waals surface area contributed by atoms with E-state index in [1.165, 1.54) is 0 Å². The average Bonchev–Trinajstić information content (AvgIpc) is 2.64. The van der Waals surface area contributed by atoms with Crippen LogP contribution in [0.15, 0.2) is 48.6 Å². The van der Waals surface area contributed by atoms with E-state index in [0.29, 0.717) is 24.3 Å². The lowest BCUT2D eigenvalue weighted by Gasteiger charge is -2.47. The molecule has 0 fully saturated rings. The number of allylic oxidation sites excluding steroid dienone is 3. The lowest BCUT2D eigenvalue weighted by atomic mass is 9.56. The summed E-state index contributed by atoms with van der Waals surface area (Å²) in [5, 5.41) is 65.5. The molecule has 0 bridgehead atoms. The van der Waals surface area contributed by atoms with E-state index in [4.69, 9.17) is 20.4 Å².